The highest BCUT2D eigenvalue weighted by Gasteiger charge is 2.24. The standard InChI is InChI=1S/C17H26N2/c1-13(2)14-7-9-15(10-8-14)16(3,4)12-19-17(5,6)11-18/h7-10,13,19H,12H2,1-6H3. The molecule has 0 aliphatic carbocycles. The molecule has 1 rings (SSSR count). The first kappa shape index (κ1) is 15.7. The fraction of sp³-hybridized carbons (Fsp3) is 0.588. The van der Waals surface area contributed by atoms with E-state index >= 15 is 0 Å². The lowest BCUT2D eigenvalue weighted by Crippen LogP contribution is -2.44. The summed E-state index contributed by atoms with van der Waals surface area (Å²) < 4.78 is 0. The number of nitriles is 1. The van der Waals surface area contributed by atoms with Crippen LogP contribution in [0.15, 0.2) is 24.3 Å². The third kappa shape index (κ3) is 4.36. The second-order valence-electron chi connectivity index (χ2n) is 6.75. The lowest BCUT2D eigenvalue weighted by molar-refractivity contribution is 0.397. The van der Waals surface area contributed by atoms with E-state index < -0.39 is 5.54 Å². The van der Waals surface area contributed by atoms with Crippen molar-refractivity contribution in [3.05, 3.63) is 35.4 Å². The van der Waals surface area contributed by atoms with Gasteiger partial charge < -0.3 is 0 Å². The Bertz CT molecular complexity index is 447. The van der Waals surface area contributed by atoms with Gasteiger partial charge in [-0.1, -0.05) is 52.0 Å². The molecule has 0 amide bonds. The van der Waals surface area contributed by atoms with Crippen molar-refractivity contribution in [1.29, 1.82) is 5.26 Å². The topological polar surface area (TPSA) is 35.8 Å². The van der Waals surface area contributed by atoms with Gasteiger partial charge in [0, 0.05) is 12.0 Å². The molecule has 0 atom stereocenters. The Morgan fingerprint density at radius 3 is 2.05 bits per heavy atom. The van der Waals surface area contributed by atoms with E-state index in [4.69, 9.17) is 5.26 Å². The zero-order valence-electron chi connectivity index (χ0n) is 13.0. The molecule has 2 heteroatoms. The molecule has 0 aliphatic rings. The first-order chi connectivity index (χ1) is 8.68. The lowest BCUT2D eigenvalue weighted by Gasteiger charge is -2.30. The van der Waals surface area contributed by atoms with E-state index in [0.717, 1.165) is 6.54 Å². The quantitative estimate of drug-likeness (QED) is 0.867. The SMILES string of the molecule is CC(C)c1ccc(C(C)(C)CNC(C)(C)C#N)cc1. The second-order valence-corrected chi connectivity index (χ2v) is 6.75. The summed E-state index contributed by atoms with van der Waals surface area (Å²) in [5, 5.41) is 12.4. The molecule has 0 unspecified atom stereocenters. The monoisotopic (exact) mass is 258 g/mol. The fourth-order valence-electron chi connectivity index (χ4n) is 1.90. The molecule has 0 fully saturated rings. The van der Waals surface area contributed by atoms with Crippen LogP contribution >= 0.6 is 0 Å². The maximum atomic E-state index is 9.05. The normalized spacial score (nSPS) is 12.5. The van der Waals surface area contributed by atoms with Gasteiger partial charge in [-0.3, -0.25) is 5.32 Å². The Balaban J connectivity index is 2.80. The summed E-state index contributed by atoms with van der Waals surface area (Å²) in [5.74, 6) is 0.563. The van der Waals surface area contributed by atoms with Crippen molar-refractivity contribution < 1.29 is 0 Å². The molecular formula is C17H26N2. The maximum Gasteiger partial charge on any atom is 0.101 e. The first-order valence-electron chi connectivity index (χ1n) is 6.95. The van der Waals surface area contributed by atoms with Crippen LogP contribution in [0.3, 0.4) is 0 Å². The van der Waals surface area contributed by atoms with E-state index in [1.165, 1.54) is 11.1 Å². The number of benzene rings is 1. The Labute approximate surface area is 117 Å². The van der Waals surface area contributed by atoms with Crippen molar-refractivity contribution in [3.63, 3.8) is 0 Å². The van der Waals surface area contributed by atoms with Crippen molar-refractivity contribution in [2.45, 2.75) is 58.4 Å². The third-order valence-electron chi connectivity index (χ3n) is 3.61. The van der Waals surface area contributed by atoms with Gasteiger partial charge in [-0.15, -0.1) is 0 Å². The van der Waals surface area contributed by atoms with Crippen molar-refractivity contribution >= 4 is 0 Å². The zero-order chi connectivity index (χ0) is 14.7. The van der Waals surface area contributed by atoms with Crippen LogP contribution in [0.4, 0.5) is 0 Å². The minimum atomic E-state index is -0.477. The maximum absolute atomic E-state index is 9.05. The molecule has 104 valence electrons. The predicted molar refractivity (Wildman–Crippen MR) is 81.3 cm³/mol. The minimum absolute atomic E-state index is 0.0175. The summed E-state index contributed by atoms with van der Waals surface area (Å²) in [6.45, 7) is 13.4. The molecule has 0 radical (unpaired) electrons. The highest BCUT2D eigenvalue weighted by atomic mass is 15.0. The highest BCUT2D eigenvalue weighted by molar-refractivity contribution is 5.30. The van der Waals surface area contributed by atoms with Crippen LogP contribution in [0.1, 0.15) is 58.6 Å². The van der Waals surface area contributed by atoms with Gasteiger partial charge in [0.25, 0.3) is 0 Å². The first-order valence-corrected chi connectivity index (χ1v) is 6.95. The van der Waals surface area contributed by atoms with Gasteiger partial charge in [-0.05, 0) is 30.9 Å². The van der Waals surface area contributed by atoms with Crippen LogP contribution < -0.4 is 5.32 Å². The summed E-state index contributed by atoms with van der Waals surface area (Å²) in [6.07, 6.45) is 0. The van der Waals surface area contributed by atoms with Gasteiger partial charge in [-0.25, -0.2) is 0 Å². The number of rotatable bonds is 5. The van der Waals surface area contributed by atoms with Gasteiger partial charge in [0.1, 0.15) is 5.54 Å². The van der Waals surface area contributed by atoms with Gasteiger partial charge in [0.15, 0.2) is 0 Å². The number of hydrogen-bond donors (Lipinski definition) is 1. The summed E-state index contributed by atoms with van der Waals surface area (Å²) >= 11 is 0. The van der Waals surface area contributed by atoms with Crippen molar-refractivity contribution in [1.82, 2.24) is 5.32 Å². The van der Waals surface area contributed by atoms with Gasteiger partial charge in [0.05, 0.1) is 6.07 Å². The number of nitrogens with one attached hydrogen (secondary N) is 1. The Morgan fingerprint density at radius 1 is 1.11 bits per heavy atom. The molecule has 0 heterocycles. The Kier molecular flexibility index (Phi) is 4.76. The van der Waals surface area contributed by atoms with E-state index in [1.54, 1.807) is 0 Å². The Hall–Kier alpha value is -1.33. The summed E-state index contributed by atoms with van der Waals surface area (Å²) in [7, 11) is 0. The van der Waals surface area contributed by atoms with E-state index in [1.807, 2.05) is 13.8 Å². The second kappa shape index (κ2) is 5.75. The molecular weight excluding hydrogens is 232 g/mol. The number of nitrogens with zero attached hydrogens (tertiary/aromatic N) is 1. The Morgan fingerprint density at radius 2 is 1.63 bits per heavy atom. The van der Waals surface area contributed by atoms with E-state index in [-0.39, 0.29) is 5.41 Å². The van der Waals surface area contributed by atoms with Crippen LogP contribution in [0.2, 0.25) is 0 Å². The molecule has 0 aliphatic heterocycles. The van der Waals surface area contributed by atoms with Crippen molar-refractivity contribution in [2.75, 3.05) is 6.54 Å². The van der Waals surface area contributed by atoms with Crippen molar-refractivity contribution in [3.8, 4) is 6.07 Å². The molecule has 1 N–H and O–H groups in total. The molecule has 19 heavy (non-hydrogen) atoms. The molecule has 0 saturated carbocycles. The lowest BCUT2D eigenvalue weighted by atomic mass is 9.83. The van der Waals surface area contributed by atoms with Crippen LogP contribution in [-0.4, -0.2) is 12.1 Å². The number of hydrogen-bond acceptors (Lipinski definition) is 2. The van der Waals surface area contributed by atoms with Crippen LogP contribution in [0, 0.1) is 11.3 Å². The van der Waals surface area contributed by atoms with Gasteiger partial charge in [-0.2, -0.15) is 5.26 Å². The summed E-state index contributed by atoms with van der Waals surface area (Å²) in [6, 6.07) is 11.1. The molecule has 0 spiro atoms. The molecule has 0 saturated heterocycles. The van der Waals surface area contributed by atoms with Crippen LogP contribution in [0.5, 0.6) is 0 Å². The molecule has 2 nitrogen and oxygen atoms in total. The minimum Gasteiger partial charge on any atom is -0.299 e. The molecule has 1 aromatic rings. The van der Waals surface area contributed by atoms with Gasteiger partial charge in [0.2, 0.25) is 0 Å². The molecule has 0 aromatic heterocycles. The third-order valence-corrected chi connectivity index (χ3v) is 3.61. The van der Waals surface area contributed by atoms with Gasteiger partial charge >= 0.3 is 0 Å². The highest BCUT2D eigenvalue weighted by Crippen LogP contribution is 2.25. The smallest absolute Gasteiger partial charge is 0.101 e. The average molecular weight is 258 g/mol. The fourth-order valence-corrected chi connectivity index (χ4v) is 1.90. The van der Waals surface area contributed by atoms with E-state index in [0.29, 0.717) is 5.92 Å². The summed E-state index contributed by atoms with van der Waals surface area (Å²) in [5.41, 5.74) is 2.21. The van der Waals surface area contributed by atoms with E-state index in [9.17, 15) is 0 Å². The predicted octanol–water partition coefficient (Wildman–Crippen LogP) is 3.98. The van der Waals surface area contributed by atoms with E-state index in [2.05, 4.69) is 63.3 Å². The summed E-state index contributed by atoms with van der Waals surface area (Å²) in [4.78, 5) is 0. The van der Waals surface area contributed by atoms with Crippen LogP contribution in [-0.2, 0) is 5.41 Å². The molecule has 1 aromatic carbocycles. The molecule has 0 bridgehead atoms. The largest absolute Gasteiger partial charge is 0.299 e. The van der Waals surface area contributed by atoms with Crippen LogP contribution in [0.25, 0.3) is 0 Å². The van der Waals surface area contributed by atoms with Crippen molar-refractivity contribution in [2.24, 2.45) is 0 Å². The average Bonchev–Trinajstić information content (AvgIpc) is 2.37. The zero-order valence-corrected chi connectivity index (χ0v) is 13.0.